The summed E-state index contributed by atoms with van der Waals surface area (Å²) in [5, 5.41) is 3.02. The van der Waals surface area contributed by atoms with E-state index in [1.54, 1.807) is 42.5 Å². The number of fused-ring (bicyclic) bond motifs is 1. The van der Waals surface area contributed by atoms with Crippen molar-refractivity contribution in [3.8, 4) is 28.2 Å². The Bertz CT molecular complexity index is 1370. The summed E-state index contributed by atoms with van der Waals surface area (Å²) in [5.41, 5.74) is 3.43. The van der Waals surface area contributed by atoms with Crippen molar-refractivity contribution in [3.05, 3.63) is 72.5 Å². The van der Waals surface area contributed by atoms with Gasteiger partial charge in [-0.25, -0.2) is 17.6 Å². The maximum Gasteiger partial charge on any atom is 0.414 e. The van der Waals surface area contributed by atoms with Crippen LogP contribution in [0.1, 0.15) is 0 Å². The molecule has 4 aromatic rings. The smallest absolute Gasteiger partial charge is 0.414 e. The third-order valence-corrected chi connectivity index (χ3v) is 5.89. The number of sulfone groups is 1. The number of ether oxygens (including phenoxy) is 1. The number of furan rings is 1. The summed E-state index contributed by atoms with van der Waals surface area (Å²) in [6.45, 7) is 0. The molecule has 0 unspecified atom stereocenters. The van der Waals surface area contributed by atoms with E-state index in [1.807, 2.05) is 12.1 Å². The fourth-order valence-electron chi connectivity index (χ4n) is 3.23. The maximum atomic E-state index is 13.4. The first-order chi connectivity index (χ1) is 14.7. The summed E-state index contributed by atoms with van der Waals surface area (Å²) in [4.78, 5) is 11.8. The molecule has 1 aromatic heterocycles. The second-order valence-electron chi connectivity index (χ2n) is 6.95. The SMILES string of the molecule is CNC(=O)Oc1cc2cc(-c3ccc(S(C)(=O)=O)cc3)cc(-c3ccc(F)cc3)c2o1. The Kier molecular flexibility index (Phi) is 5.24. The van der Waals surface area contributed by atoms with Crippen LogP contribution in [0.3, 0.4) is 0 Å². The maximum absolute atomic E-state index is 13.4. The van der Waals surface area contributed by atoms with Crippen molar-refractivity contribution in [2.45, 2.75) is 4.90 Å². The van der Waals surface area contributed by atoms with E-state index in [0.29, 0.717) is 22.1 Å². The summed E-state index contributed by atoms with van der Waals surface area (Å²) in [7, 11) is -1.87. The van der Waals surface area contributed by atoms with E-state index in [2.05, 4.69) is 5.32 Å². The van der Waals surface area contributed by atoms with Gasteiger partial charge in [0.2, 0.25) is 0 Å². The Morgan fingerprint density at radius 1 is 0.935 bits per heavy atom. The molecular weight excluding hydrogens is 421 g/mol. The molecule has 0 aliphatic rings. The van der Waals surface area contributed by atoms with Crippen molar-refractivity contribution in [3.63, 3.8) is 0 Å². The van der Waals surface area contributed by atoms with Crippen LogP contribution in [0.15, 0.2) is 76.0 Å². The van der Waals surface area contributed by atoms with Crippen LogP contribution in [-0.4, -0.2) is 27.8 Å². The monoisotopic (exact) mass is 439 g/mol. The van der Waals surface area contributed by atoms with Gasteiger partial charge in [0.15, 0.2) is 9.84 Å². The zero-order valence-electron chi connectivity index (χ0n) is 16.7. The highest BCUT2D eigenvalue weighted by Crippen LogP contribution is 2.38. The van der Waals surface area contributed by atoms with Crippen molar-refractivity contribution in [2.75, 3.05) is 13.3 Å². The first-order valence-electron chi connectivity index (χ1n) is 9.28. The van der Waals surface area contributed by atoms with Gasteiger partial charge in [-0.2, -0.15) is 0 Å². The molecule has 0 fully saturated rings. The number of amides is 1. The first kappa shape index (κ1) is 20.6. The Morgan fingerprint density at radius 3 is 2.19 bits per heavy atom. The van der Waals surface area contributed by atoms with E-state index in [9.17, 15) is 17.6 Å². The van der Waals surface area contributed by atoms with Crippen LogP contribution in [-0.2, 0) is 9.84 Å². The largest absolute Gasteiger partial charge is 0.425 e. The van der Waals surface area contributed by atoms with Gasteiger partial charge in [-0.15, -0.1) is 0 Å². The van der Waals surface area contributed by atoms with Crippen LogP contribution in [0.2, 0.25) is 0 Å². The lowest BCUT2D eigenvalue weighted by atomic mass is 9.97. The number of hydrogen-bond acceptors (Lipinski definition) is 5. The summed E-state index contributed by atoms with van der Waals surface area (Å²) in [6.07, 6.45) is 0.485. The van der Waals surface area contributed by atoms with Gasteiger partial charge in [0.25, 0.3) is 5.95 Å². The fourth-order valence-corrected chi connectivity index (χ4v) is 3.86. The lowest BCUT2D eigenvalue weighted by Gasteiger charge is -2.08. The van der Waals surface area contributed by atoms with Gasteiger partial charge in [-0.3, -0.25) is 0 Å². The van der Waals surface area contributed by atoms with Gasteiger partial charge in [0, 0.05) is 30.3 Å². The first-order valence-corrected chi connectivity index (χ1v) is 11.2. The molecule has 0 aliphatic heterocycles. The molecule has 0 spiro atoms. The van der Waals surface area contributed by atoms with Gasteiger partial charge >= 0.3 is 6.09 Å². The van der Waals surface area contributed by atoms with E-state index in [1.165, 1.54) is 19.2 Å². The second-order valence-corrected chi connectivity index (χ2v) is 8.97. The van der Waals surface area contributed by atoms with E-state index in [4.69, 9.17) is 9.15 Å². The second kappa shape index (κ2) is 7.88. The van der Waals surface area contributed by atoms with Crippen LogP contribution in [0.4, 0.5) is 9.18 Å². The normalized spacial score (nSPS) is 11.5. The molecule has 0 saturated heterocycles. The third-order valence-electron chi connectivity index (χ3n) is 4.76. The summed E-state index contributed by atoms with van der Waals surface area (Å²) in [5.74, 6) is -0.349. The third kappa shape index (κ3) is 4.29. The molecule has 3 aromatic carbocycles. The Hall–Kier alpha value is -3.65. The minimum atomic E-state index is -3.31. The van der Waals surface area contributed by atoms with Crippen LogP contribution >= 0.6 is 0 Å². The quantitative estimate of drug-likeness (QED) is 0.482. The highest BCUT2D eigenvalue weighted by atomic mass is 32.2. The number of rotatable bonds is 4. The minimum Gasteiger partial charge on any atom is -0.425 e. The molecule has 6 nitrogen and oxygen atoms in total. The Balaban J connectivity index is 1.88. The number of carbonyl (C=O) groups excluding carboxylic acids is 1. The van der Waals surface area contributed by atoms with E-state index < -0.39 is 15.9 Å². The highest BCUT2D eigenvalue weighted by molar-refractivity contribution is 7.90. The van der Waals surface area contributed by atoms with E-state index in [-0.39, 0.29) is 16.7 Å². The van der Waals surface area contributed by atoms with Gasteiger partial charge in [-0.05, 0) is 53.1 Å². The summed E-state index contributed by atoms with van der Waals surface area (Å²) in [6, 6.07) is 17.8. The van der Waals surface area contributed by atoms with Gasteiger partial charge in [0.1, 0.15) is 11.4 Å². The Morgan fingerprint density at radius 2 is 1.58 bits per heavy atom. The molecule has 1 heterocycles. The zero-order chi connectivity index (χ0) is 22.2. The van der Waals surface area contributed by atoms with Gasteiger partial charge in [0.05, 0.1) is 4.90 Å². The van der Waals surface area contributed by atoms with Crippen molar-refractivity contribution in [1.29, 1.82) is 0 Å². The molecule has 158 valence electrons. The molecule has 31 heavy (non-hydrogen) atoms. The standard InChI is InChI=1S/C23H18FNO5S/c1-25-23(26)30-21-13-17-11-16(14-5-9-19(10-6-14)31(2,27)28)12-20(22(17)29-21)15-3-7-18(24)8-4-15/h3-13H,1-2H3,(H,25,26). The van der Waals surface area contributed by atoms with Crippen molar-refractivity contribution in [1.82, 2.24) is 5.32 Å². The molecule has 0 saturated carbocycles. The molecule has 0 radical (unpaired) electrons. The van der Waals surface area contributed by atoms with E-state index in [0.717, 1.165) is 17.4 Å². The van der Waals surface area contributed by atoms with Crippen LogP contribution in [0, 0.1) is 5.82 Å². The zero-order valence-corrected chi connectivity index (χ0v) is 17.5. The molecular formula is C23H18FNO5S. The number of nitrogens with one attached hydrogen (secondary N) is 1. The minimum absolute atomic E-state index is 0.0160. The van der Waals surface area contributed by atoms with Gasteiger partial charge in [-0.1, -0.05) is 24.3 Å². The van der Waals surface area contributed by atoms with Crippen molar-refractivity contribution >= 4 is 26.9 Å². The predicted octanol–water partition coefficient (Wildman–Crippen LogP) is 5.03. The molecule has 0 aliphatic carbocycles. The fraction of sp³-hybridized carbons (Fsp3) is 0.0870. The average molecular weight is 439 g/mol. The highest BCUT2D eigenvalue weighted by Gasteiger charge is 2.16. The number of benzene rings is 3. The van der Waals surface area contributed by atoms with Crippen molar-refractivity contribution in [2.24, 2.45) is 0 Å². The summed E-state index contributed by atoms with van der Waals surface area (Å²) < 4.78 is 47.8. The van der Waals surface area contributed by atoms with Crippen LogP contribution in [0.5, 0.6) is 5.95 Å². The number of hydrogen-bond donors (Lipinski definition) is 1. The molecule has 8 heteroatoms. The molecule has 4 rings (SSSR count). The summed E-state index contributed by atoms with van der Waals surface area (Å²) >= 11 is 0. The number of halogens is 1. The molecule has 1 N–H and O–H groups in total. The lowest BCUT2D eigenvalue weighted by molar-refractivity contribution is 0.191. The lowest BCUT2D eigenvalue weighted by Crippen LogP contribution is -2.21. The van der Waals surface area contributed by atoms with Crippen molar-refractivity contribution < 1.29 is 26.8 Å². The average Bonchev–Trinajstić information content (AvgIpc) is 3.15. The predicted molar refractivity (Wildman–Crippen MR) is 115 cm³/mol. The number of carbonyl (C=O) groups is 1. The van der Waals surface area contributed by atoms with Crippen LogP contribution in [0.25, 0.3) is 33.2 Å². The molecule has 1 amide bonds. The topological polar surface area (TPSA) is 85.6 Å². The van der Waals surface area contributed by atoms with Gasteiger partial charge < -0.3 is 14.5 Å². The van der Waals surface area contributed by atoms with E-state index >= 15 is 0 Å². The Labute approximate surface area is 178 Å². The van der Waals surface area contributed by atoms with Crippen LogP contribution < -0.4 is 10.1 Å². The molecule has 0 bridgehead atoms. The molecule has 0 atom stereocenters.